The summed E-state index contributed by atoms with van der Waals surface area (Å²) in [4.78, 5) is 193. The maximum atomic E-state index is 15.7. The number of carbonyl (C=O) groups excluding carboxylic acids is 12. The standard InChI is InChI=1S/C75H117ClF6N12O13/c1-11-46(4)62-70(104)87(6)44-61(97)88(7)55-21-14-17-33-94(69(55)103)58(41-48-23-27-50(28-24-48)74(77,78)79)67(101)86(5)43-59(95)83-53(30-26-47-25-29-51(52(76)40-47)75(80,81)82)66(100)93-34-18-22-54(93)65(99)85-73(31-15-16-32-73)72(106)91(10)63(49-19-12-13-20-49)71(105)90(9)57(68(102)92-35-37-107-38-36-92)42-60(96)89(8)56(39-45(2)3)64(98)84-62/h45-58,62-63H,11-44H2,1-10H3,(H,83,95)(H,84,98)(H,85,99)/t46-,47?,48?,50?,51?,52?,53-,54-,55-,56-,57-,58-,62-,63-/m0/s1. The lowest BCUT2D eigenvalue weighted by Gasteiger charge is -2.42. The van der Waals surface area contributed by atoms with Gasteiger partial charge in [-0.15, -0.1) is 11.6 Å². The quantitative estimate of drug-likeness (QED) is 0.144. The number of ether oxygens (including phenoxy) is 1. The molecule has 25 nitrogen and oxygen atoms in total. The van der Waals surface area contributed by atoms with Crippen LogP contribution in [0.5, 0.6) is 0 Å². The number of morpholine rings is 1. The van der Waals surface area contributed by atoms with E-state index in [1.165, 1.54) is 76.6 Å². The maximum Gasteiger partial charge on any atom is 0.393 e. The summed E-state index contributed by atoms with van der Waals surface area (Å²) in [5, 5.41) is 7.46. The van der Waals surface area contributed by atoms with Gasteiger partial charge >= 0.3 is 12.4 Å². The Hall–Kier alpha value is -6.53. The highest BCUT2D eigenvalue weighted by molar-refractivity contribution is 6.21. The molecule has 12 amide bonds. The number of halogens is 7. The molecule has 32 heteroatoms. The molecule has 4 saturated heterocycles. The van der Waals surface area contributed by atoms with E-state index in [2.05, 4.69) is 16.0 Å². The maximum absolute atomic E-state index is 15.7. The third-order valence-electron chi connectivity index (χ3n) is 24.7. The lowest BCUT2D eigenvalue weighted by Crippen LogP contribution is -2.65. The molecule has 12 atom stereocenters. The Kier molecular flexibility index (Phi) is 30.1. The van der Waals surface area contributed by atoms with Crippen molar-refractivity contribution in [2.75, 3.05) is 94.8 Å². The van der Waals surface area contributed by atoms with Gasteiger partial charge in [0.1, 0.15) is 53.9 Å². The van der Waals surface area contributed by atoms with E-state index < -0.39 is 198 Å². The van der Waals surface area contributed by atoms with Crippen LogP contribution >= 0.6 is 11.6 Å². The average Bonchev–Trinajstić information content (AvgIpc) is 1.73. The van der Waals surface area contributed by atoms with Crippen LogP contribution in [0.15, 0.2) is 0 Å². The minimum Gasteiger partial charge on any atom is -0.378 e. The van der Waals surface area contributed by atoms with E-state index in [-0.39, 0.29) is 142 Å². The molecular weight excluding hydrogens is 1430 g/mol. The van der Waals surface area contributed by atoms with Gasteiger partial charge in [-0.25, -0.2) is 0 Å². The normalized spacial score (nSPS) is 31.5. The number of fused-ring (bicyclic) bond motifs is 3. The van der Waals surface area contributed by atoms with E-state index in [0.717, 1.165) is 9.80 Å². The lowest BCUT2D eigenvalue weighted by atomic mass is 9.78. The highest BCUT2D eigenvalue weighted by Crippen LogP contribution is 2.45. The van der Waals surface area contributed by atoms with E-state index in [1.807, 2.05) is 13.8 Å². The molecule has 8 rings (SSSR count). The number of alkyl halides is 7. The van der Waals surface area contributed by atoms with Crippen LogP contribution in [0.1, 0.15) is 195 Å². The van der Waals surface area contributed by atoms with E-state index in [9.17, 15) is 45.5 Å². The van der Waals surface area contributed by atoms with E-state index in [4.69, 9.17) is 16.3 Å². The first-order valence-corrected chi connectivity index (χ1v) is 39.5. The van der Waals surface area contributed by atoms with Crippen LogP contribution in [0, 0.1) is 41.4 Å². The van der Waals surface area contributed by atoms with Crippen molar-refractivity contribution in [1.82, 2.24) is 60.0 Å². The minimum atomic E-state index is -4.55. The average molecular weight is 1540 g/mol. The molecule has 0 aromatic heterocycles. The second kappa shape index (κ2) is 37.5. The van der Waals surface area contributed by atoms with Crippen LogP contribution in [0.4, 0.5) is 26.3 Å². The minimum absolute atomic E-state index is 0.00745. The number of likely N-dealkylation sites (N-methyl/N-ethyl adjacent to an activating group) is 6. The van der Waals surface area contributed by atoms with Gasteiger partial charge in [0.05, 0.1) is 44.6 Å². The van der Waals surface area contributed by atoms with Gasteiger partial charge in [0.25, 0.3) is 0 Å². The Labute approximate surface area is 631 Å². The fraction of sp³-hybridized carbons (Fsp3) is 0.840. The second-order valence-electron chi connectivity index (χ2n) is 32.5. The van der Waals surface area contributed by atoms with Crippen LogP contribution in [0.2, 0.25) is 0 Å². The molecule has 2 bridgehead atoms. The van der Waals surface area contributed by atoms with Crippen molar-refractivity contribution in [2.24, 2.45) is 41.4 Å². The zero-order valence-corrected chi connectivity index (χ0v) is 65.0. The van der Waals surface area contributed by atoms with Crippen molar-refractivity contribution in [3.05, 3.63) is 0 Å². The van der Waals surface area contributed by atoms with Crippen LogP contribution < -0.4 is 16.0 Å². The summed E-state index contributed by atoms with van der Waals surface area (Å²) >= 11 is 6.41. The van der Waals surface area contributed by atoms with Crippen molar-refractivity contribution in [3.8, 4) is 0 Å². The van der Waals surface area contributed by atoms with Gasteiger partial charge in [0.2, 0.25) is 70.9 Å². The molecule has 0 radical (unpaired) electrons. The SMILES string of the molecule is CC[C@H](C)[C@@H]1NC(=O)[C@H](CC(C)C)N(C)C(=O)C[C@@H](C(=O)N2CCOCC2)N(C)C(=O)[C@H](C2CCCC2)N(C)C(=O)C2(CCCC2)NC(=O)[C@@H]2CCCN2C(=O)[C@H](CCC2CCC(C(F)(F)F)C(Cl)C2)NC(=O)CN(C)C(=O)[C@H](CC2CCC(C(F)(F)F)CC2)N2CCCC[C@@H](C2=O)N(C)C(=O)CN(C)C1=O. The van der Waals surface area contributed by atoms with Gasteiger partial charge < -0.3 is 64.8 Å². The van der Waals surface area contributed by atoms with Crippen molar-refractivity contribution < 1.29 is 88.6 Å². The third-order valence-corrected chi connectivity index (χ3v) is 25.2. The lowest BCUT2D eigenvalue weighted by molar-refractivity contribution is -0.184. The van der Waals surface area contributed by atoms with Crippen molar-refractivity contribution >= 4 is 82.5 Å². The summed E-state index contributed by atoms with van der Waals surface area (Å²) in [6, 6.07) is -10.5. The number of rotatable bonds is 11. The van der Waals surface area contributed by atoms with E-state index in [0.29, 0.717) is 64.2 Å². The van der Waals surface area contributed by atoms with Crippen molar-refractivity contribution in [3.63, 3.8) is 0 Å². The van der Waals surface area contributed by atoms with Crippen molar-refractivity contribution in [1.29, 1.82) is 0 Å². The summed E-state index contributed by atoms with van der Waals surface area (Å²) in [6.07, 6.45) is -4.99. The Morgan fingerprint density at radius 3 is 1.79 bits per heavy atom. The molecule has 604 valence electrons. The summed E-state index contributed by atoms with van der Waals surface area (Å²) < 4.78 is 90.1. The highest BCUT2D eigenvalue weighted by atomic mass is 35.5. The molecule has 8 fully saturated rings. The molecule has 4 saturated carbocycles. The van der Waals surface area contributed by atoms with Crippen LogP contribution in [-0.4, -0.2) is 281 Å². The number of hydrogen-bond acceptors (Lipinski definition) is 13. The van der Waals surface area contributed by atoms with Gasteiger partial charge in [-0.2, -0.15) is 26.3 Å². The molecule has 8 aliphatic rings. The molecule has 3 unspecified atom stereocenters. The molecule has 3 N–H and O–H groups in total. The fourth-order valence-electron chi connectivity index (χ4n) is 17.9. The summed E-state index contributed by atoms with van der Waals surface area (Å²) in [5.41, 5.74) is -1.61. The molecule has 0 aromatic rings. The number of carbonyl (C=O) groups is 12. The zero-order chi connectivity index (χ0) is 78.7. The van der Waals surface area contributed by atoms with E-state index >= 15 is 38.4 Å². The molecule has 4 aliphatic carbocycles. The Balaban J connectivity index is 1.18. The molecular formula is C75H117ClF6N12O13. The van der Waals surface area contributed by atoms with Gasteiger partial charge in [-0.1, -0.05) is 59.8 Å². The topological polar surface area (TPSA) is 279 Å². The molecule has 1 spiro atoms. The highest BCUT2D eigenvalue weighted by Gasteiger charge is 2.53. The van der Waals surface area contributed by atoms with Crippen LogP contribution in [0.25, 0.3) is 0 Å². The Morgan fingerprint density at radius 1 is 0.579 bits per heavy atom. The van der Waals surface area contributed by atoms with E-state index in [1.54, 1.807) is 13.8 Å². The summed E-state index contributed by atoms with van der Waals surface area (Å²) in [5.74, 6) is -13.8. The van der Waals surface area contributed by atoms with Gasteiger partial charge in [-0.05, 0) is 158 Å². The third kappa shape index (κ3) is 21.1. The summed E-state index contributed by atoms with van der Waals surface area (Å²) in [7, 11) is 8.35. The van der Waals surface area contributed by atoms with Gasteiger partial charge in [0.15, 0.2) is 0 Å². The molecule has 0 aromatic carbocycles. The Morgan fingerprint density at radius 2 is 1.19 bits per heavy atom. The smallest absolute Gasteiger partial charge is 0.378 e. The van der Waals surface area contributed by atoms with Crippen LogP contribution in [-0.2, 0) is 62.3 Å². The number of amides is 12. The monoisotopic (exact) mass is 1540 g/mol. The fourth-order valence-corrected chi connectivity index (χ4v) is 18.4. The largest absolute Gasteiger partial charge is 0.393 e. The second-order valence-corrected chi connectivity index (χ2v) is 33.1. The number of nitrogens with one attached hydrogen (secondary N) is 3. The van der Waals surface area contributed by atoms with Gasteiger partial charge in [-0.3, -0.25) is 57.5 Å². The molecule has 107 heavy (non-hydrogen) atoms. The predicted molar refractivity (Wildman–Crippen MR) is 384 cm³/mol. The molecule has 4 heterocycles. The Bertz CT molecular complexity index is 3160. The number of hydrogen-bond donors (Lipinski definition) is 3. The predicted octanol–water partition coefficient (Wildman–Crippen LogP) is 6.65. The first-order chi connectivity index (χ1) is 50.4. The first kappa shape index (κ1) is 86.1. The van der Waals surface area contributed by atoms with Gasteiger partial charge in [0, 0.05) is 73.8 Å². The van der Waals surface area contributed by atoms with Crippen molar-refractivity contribution in [2.45, 2.75) is 266 Å². The van der Waals surface area contributed by atoms with Crippen LogP contribution in [0.3, 0.4) is 0 Å². The zero-order valence-electron chi connectivity index (χ0n) is 64.3. The summed E-state index contributed by atoms with van der Waals surface area (Å²) in [6.45, 7) is 6.49. The number of nitrogens with zero attached hydrogens (tertiary/aromatic N) is 9. The molecule has 4 aliphatic heterocycles. The first-order valence-electron chi connectivity index (χ1n) is 39.1.